The van der Waals surface area contributed by atoms with E-state index in [1.165, 1.54) is 0 Å². The third-order valence-corrected chi connectivity index (χ3v) is 2.48. The van der Waals surface area contributed by atoms with Gasteiger partial charge in [0.2, 0.25) is 0 Å². The quantitative estimate of drug-likeness (QED) is 0.525. The first-order valence-corrected chi connectivity index (χ1v) is 5.76. The standard InChI is InChI=1S/C6H13NO2.C4H10N2/c8-4-1-7-2-5-9-6-3-7;1-2-6-4-3-5-1/h8H,1-6H2;5-6H,1-4H2. The number of nitrogens with one attached hydrogen (secondary N) is 2. The van der Waals surface area contributed by atoms with Gasteiger partial charge >= 0.3 is 0 Å². The SMILES string of the molecule is C1CNCCN1.OCCN1CCOCC1. The summed E-state index contributed by atoms with van der Waals surface area (Å²) in [4.78, 5) is 2.20. The molecule has 0 atom stereocenters. The molecule has 2 aliphatic rings. The van der Waals surface area contributed by atoms with Crippen molar-refractivity contribution in [2.24, 2.45) is 0 Å². The van der Waals surface area contributed by atoms with Gasteiger partial charge in [-0.05, 0) is 0 Å². The van der Waals surface area contributed by atoms with Crippen LogP contribution in [0.3, 0.4) is 0 Å². The number of piperazine rings is 1. The largest absolute Gasteiger partial charge is 0.395 e. The molecule has 0 spiro atoms. The molecule has 2 saturated heterocycles. The third kappa shape index (κ3) is 6.81. The first-order valence-electron chi connectivity index (χ1n) is 5.76. The number of hydrogen-bond acceptors (Lipinski definition) is 5. The van der Waals surface area contributed by atoms with Crippen molar-refractivity contribution in [3.8, 4) is 0 Å². The maximum Gasteiger partial charge on any atom is 0.0594 e. The van der Waals surface area contributed by atoms with E-state index in [-0.39, 0.29) is 6.61 Å². The van der Waals surface area contributed by atoms with Gasteiger partial charge in [0.1, 0.15) is 0 Å². The van der Waals surface area contributed by atoms with Gasteiger partial charge in [0, 0.05) is 45.8 Å². The van der Waals surface area contributed by atoms with Crippen LogP contribution in [0, 0.1) is 0 Å². The highest BCUT2D eigenvalue weighted by Crippen LogP contribution is 1.94. The number of aliphatic hydroxyl groups is 1. The smallest absolute Gasteiger partial charge is 0.0594 e. The fourth-order valence-electron chi connectivity index (χ4n) is 1.57. The minimum absolute atomic E-state index is 0.264. The summed E-state index contributed by atoms with van der Waals surface area (Å²) < 4.78 is 5.12. The fraction of sp³-hybridized carbons (Fsp3) is 1.00. The zero-order valence-corrected chi connectivity index (χ0v) is 9.37. The Morgan fingerprint density at radius 1 is 1.00 bits per heavy atom. The summed E-state index contributed by atoms with van der Waals surface area (Å²) >= 11 is 0. The lowest BCUT2D eigenvalue weighted by Crippen LogP contribution is -2.39. The van der Waals surface area contributed by atoms with Crippen LogP contribution in [0.25, 0.3) is 0 Å². The van der Waals surface area contributed by atoms with Gasteiger partial charge < -0.3 is 20.5 Å². The van der Waals surface area contributed by atoms with E-state index in [0.29, 0.717) is 0 Å². The molecule has 0 aromatic carbocycles. The molecule has 0 radical (unpaired) electrons. The van der Waals surface area contributed by atoms with Gasteiger partial charge in [0.25, 0.3) is 0 Å². The Balaban J connectivity index is 0.000000162. The van der Waals surface area contributed by atoms with Crippen LogP contribution in [-0.2, 0) is 4.74 Å². The fourth-order valence-corrected chi connectivity index (χ4v) is 1.57. The van der Waals surface area contributed by atoms with E-state index in [0.717, 1.165) is 59.0 Å². The molecule has 0 unspecified atom stereocenters. The first-order chi connectivity index (χ1) is 7.43. The molecule has 3 N–H and O–H groups in total. The van der Waals surface area contributed by atoms with Gasteiger partial charge in [0.15, 0.2) is 0 Å². The Bertz CT molecular complexity index is 122. The molecule has 0 aromatic heterocycles. The predicted molar refractivity (Wildman–Crippen MR) is 60.1 cm³/mol. The second-order valence-corrected chi connectivity index (χ2v) is 3.68. The summed E-state index contributed by atoms with van der Waals surface area (Å²) in [5, 5.41) is 15.0. The zero-order chi connectivity index (χ0) is 10.8. The molecule has 2 heterocycles. The highest BCUT2D eigenvalue weighted by atomic mass is 16.5. The molecule has 0 saturated carbocycles. The Kier molecular flexibility index (Phi) is 7.77. The Hall–Kier alpha value is -0.200. The summed E-state index contributed by atoms with van der Waals surface area (Å²) in [5.74, 6) is 0. The zero-order valence-electron chi connectivity index (χ0n) is 9.37. The lowest BCUT2D eigenvalue weighted by atomic mass is 10.4. The average Bonchev–Trinajstić information content (AvgIpc) is 2.34. The summed E-state index contributed by atoms with van der Waals surface area (Å²) in [7, 11) is 0. The number of aliphatic hydroxyl groups excluding tert-OH is 1. The molecule has 15 heavy (non-hydrogen) atoms. The number of β-amino-alcohol motifs (C(OH)–C–C–N with tert-alkyl or cyclic N) is 1. The van der Waals surface area contributed by atoms with Crippen molar-refractivity contribution in [2.45, 2.75) is 0 Å². The van der Waals surface area contributed by atoms with Crippen molar-refractivity contribution < 1.29 is 9.84 Å². The first kappa shape index (κ1) is 12.9. The van der Waals surface area contributed by atoms with Gasteiger partial charge in [-0.25, -0.2) is 0 Å². The van der Waals surface area contributed by atoms with Gasteiger partial charge in [-0.3, -0.25) is 4.90 Å². The van der Waals surface area contributed by atoms with Crippen molar-refractivity contribution in [1.82, 2.24) is 15.5 Å². The topological polar surface area (TPSA) is 56.8 Å². The predicted octanol–water partition coefficient (Wildman–Crippen LogP) is -1.51. The maximum atomic E-state index is 8.54. The Morgan fingerprint density at radius 3 is 1.93 bits per heavy atom. The molecule has 90 valence electrons. The van der Waals surface area contributed by atoms with E-state index in [1.54, 1.807) is 0 Å². The van der Waals surface area contributed by atoms with Crippen LogP contribution in [-0.4, -0.2) is 75.6 Å². The van der Waals surface area contributed by atoms with Gasteiger partial charge in [-0.1, -0.05) is 0 Å². The van der Waals surface area contributed by atoms with Crippen LogP contribution in [0.15, 0.2) is 0 Å². The lowest BCUT2D eigenvalue weighted by molar-refractivity contribution is 0.0306. The molecule has 0 amide bonds. The molecular weight excluding hydrogens is 194 g/mol. The lowest BCUT2D eigenvalue weighted by Gasteiger charge is -2.25. The van der Waals surface area contributed by atoms with Crippen molar-refractivity contribution in [1.29, 1.82) is 0 Å². The summed E-state index contributed by atoms with van der Waals surface area (Å²) in [5.41, 5.74) is 0. The molecular formula is C10H23N3O2. The minimum atomic E-state index is 0.264. The molecule has 2 aliphatic heterocycles. The third-order valence-electron chi connectivity index (χ3n) is 2.48. The van der Waals surface area contributed by atoms with Crippen molar-refractivity contribution in [3.63, 3.8) is 0 Å². The van der Waals surface area contributed by atoms with E-state index in [2.05, 4.69) is 15.5 Å². The highest BCUT2D eigenvalue weighted by molar-refractivity contribution is 4.60. The van der Waals surface area contributed by atoms with Crippen LogP contribution in [0.1, 0.15) is 0 Å². The molecule has 0 aliphatic carbocycles. The molecule has 2 fully saturated rings. The normalized spacial score (nSPS) is 23.0. The second-order valence-electron chi connectivity index (χ2n) is 3.68. The van der Waals surface area contributed by atoms with E-state index in [4.69, 9.17) is 9.84 Å². The van der Waals surface area contributed by atoms with Crippen molar-refractivity contribution in [2.75, 3.05) is 65.6 Å². The summed E-state index contributed by atoms with van der Waals surface area (Å²) in [6.07, 6.45) is 0. The number of rotatable bonds is 2. The van der Waals surface area contributed by atoms with Crippen molar-refractivity contribution >= 4 is 0 Å². The molecule has 2 rings (SSSR count). The van der Waals surface area contributed by atoms with E-state index < -0.39 is 0 Å². The molecule has 0 aromatic rings. The minimum Gasteiger partial charge on any atom is -0.395 e. The van der Waals surface area contributed by atoms with Crippen LogP contribution >= 0.6 is 0 Å². The van der Waals surface area contributed by atoms with Crippen LogP contribution in [0.4, 0.5) is 0 Å². The van der Waals surface area contributed by atoms with Crippen LogP contribution < -0.4 is 10.6 Å². The van der Waals surface area contributed by atoms with Crippen molar-refractivity contribution in [3.05, 3.63) is 0 Å². The second kappa shape index (κ2) is 9.06. The maximum absolute atomic E-state index is 8.54. The van der Waals surface area contributed by atoms with Gasteiger partial charge in [-0.2, -0.15) is 0 Å². The summed E-state index contributed by atoms with van der Waals surface area (Å²) in [6.45, 7) is 9.20. The van der Waals surface area contributed by atoms with E-state index >= 15 is 0 Å². The number of morpholine rings is 1. The Labute approximate surface area is 91.8 Å². The molecule has 0 bridgehead atoms. The average molecular weight is 217 g/mol. The van der Waals surface area contributed by atoms with Crippen LogP contribution in [0.2, 0.25) is 0 Å². The van der Waals surface area contributed by atoms with E-state index in [9.17, 15) is 0 Å². The summed E-state index contributed by atoms with van der Waals surface area (Å²) in [6, 6.07) is 0. The highest BCUT2D eigenvalue weighted by Gasteiger charge is 2.07. The van der Waals surface area contributed by atoms with Crippen LogP contribution in [0.5, 0.6) is 0 Å². The van der Waals surface area contributed by atoms with Gasteiger partial charge in [-0.15, -0.1) is 0 Å². The number of hydrogen-bond donors (Lipinski definition) is 3. The monoisotopic (exact) mass is 217 g/mol. The van der Waals surface area contributed by atoms with Gasteiger partial charge in [0.05, 0.1) is 19.8 Å². The molecule has 5 heteroatoms. The Morgan fingerprint density at radius 2 is 1.53 bits per heavy atom. The number of nitrogens with zero attached hydrogens (tertiary/aromatic N) is 1. The molecule has 5 nitrogen and oxygen atoms in total. The number of ether oxygens (including phenoxy) is 1. The van der Waals surface area contributed by atoms with E-state index in [1.807, 2.05) is 0 Å².